The lowest BCUT2D eigenvalue weighted by molar-refractivity contribution is -0.136. The third kappa shape index (κ3) is 4.94. The molecule has 1 N–H and O–H groups in total. The zero-order chi connectivity index (χ0) is 16.8. The molecule has 5 nitrogen and oxygen atoms in total. The second kappa shape index (κ2) is 7.94. The highest BCUT2D eigenvalue weighted by Gasteiger charge is 2.23. The second-order valence-corrected chi connectivity index (χ2v) is 5.90. The summed E-state index contributed by atoms with van der Waals surface area (Å²) in [5.74, 6) is -0.607. The number of anilines is 1. The van der Waals surface area contributed by atoms with E-state index in [1.165, 1.54) is 12.1 Å². The van der Waals surface area contributed by atoms with Crippen molar-refractivity contribution in [1.29, 1.82) is 0 Å². The highest BCUT2D eigenvalue weighted by Crippen LogP contribution is 2.17. The van der Waals surface area contributed by atoms with Crippen LogP contribution in [0.1, 0.15) is 26.7 Å². The van der Waals surface area contributed by atoms with E-state index in [4.69, 9.17) is 0 Å². The SMILES string of the molecule is CCC(C)NC(=O)CC(=O)N1CCN(c2ccc(F)cc2)CC1. The van der Waals surface area contributed by atoms with Gasteiger partial charge in [0.25, 0.3) is 0 Å². The Morgan fingerprint density at radius 1 is 1.17 bits per heavy atom. The van der Waals surface area contributed by atoms with Crippen molar-refractivity contribution in [2.75, 3.05) is 31.1 Å². The number of piperazine rings is 1. The fourth-order valence-electron chi connectivity index (χ4n) is 2.54. The molecule has 1 aromatic carbocycles. The first-order valence-corrected chi connectivity index (χ1v) is 8.07. The largest absolute Gasteiger partial charge is 0.368 e. The monoisotopic (exact) mass is 321 g/mol. The fourth-order valence-corrected chi connectivity index (χ4v) is 2.54. The molecule has 23 heavy (non-hydrogen) atoms. The van der Waals surface area contributed by atoms with Crippen molar-refractivity contribution in [3.8, 4) is 0 Å². The van der Waals surface area contributed by atoms with Crippen molar-refractivity contribution in [2.24, 2.45) is 0 Å². The molecule has 126 valence electrons. The van der Waals surface area contributed by atoms with Crippen LogP contribution in [0.2, 0.25) is 0 Å². The summed E-state index contributed by atoms with van der Waals surface area (Å²) in [6.07, 6.45) is 0.747. The predicted octanol–water partition coefficient (Wildman–Crippen LogP) is 1.78. The van der Waals surface area contributed by atoms with Gasteiger partial charge in [0.1, 0.15) is 12.2 Å². The topological polar surface area (TPSA) is 52.7 Å². The van der Waals surface area contributed by atoms with Gasteiger partial charge in [-0.25, -0.2) is 4.39 Å². The normalized spacial score (nSPS) is 16.1. The Hall–Kier alpha value is -2.11. The van der Waals surface area contributed by atoms with Crippen LogP contribution >= 0.6 is 0 Å². The quantitative estimate of drug-likeness (QED) is 0.841. The van der Waals surface area contributed by atoms with Gasteiger partial charge in [-0.1, -0.05) is 6.92 Å². The van der Waals surface area contributed by atoms with Crippen LogP contribution in [0.4, 0.5) is 10.1 Å². The van der Waals surface area contributed by atoms with Gasteiger partial charge in [-0.05, 0) is 37.6 Å². The molecule has 0 aliphatic carbocycles. The van der Waals surface area contributed by atoms with Crippen LogP contribution in [0.5, 0.6) is 0 Å². The van der Waals surface area contributed by atoms with Gasteiger partial charge in [-0.2, -0.15) is 0 Å². The number of nitrogens with one attached hydrogen (secondary N) is 1. The Kier molecular flexibility index (Phi) is 5.96. The van der Waals surface area contributed by atoms with Crippen LogP contribution in [-0.2, 0) is 9.59 Å². The molecule has 1 heterocycles. The summed E-state index contributed by atoms with van der Waals surface area (Å²) < 4.78 is 12.9. The van der Waals surface area contributed by atoms with Gasteiger partial charge in [0, 0.05) is 37.9 Å². The summed E-state index contributed by atoms with van der Waals surface area (Å²) in [4.78, 5) is 27.8. The average Bonchev–Trinajstić information content (AvgIpc) is 2.55. The number of carbonyl (C=O) groups excluding carboxylic acids is 2. The van der Waals surface area contributed by atoms with Gasteiger partial charge >= 0.3 is 0 Å². The number of halogens is 1. The van der Waals surface area contributed by atoms with E-state index in [-0.39, 0.29) is 30.1 Å². The Morgan fingerprint density at radius 3 is 2.35 bits per heavy atom. The van der Waals surface area contributed by atoms with E-state index in [1.807, 2.05) is 13.8 Å². The van der Waals surface area contributed by atoms with Crippen molar-refractivity contribution in [1.82, 2.24) is 10.2 Å². The number of nitrogens with zero attached hydrogens (tertiary/aromatic N) is 2. The van der Waals surface area contributed by atoms with E-state index < -0.39 is 0 Å². The van der Waals surface area contributed by atoms with E-state index >= 15 is 0 Å². The molecule has 0 saturated carbocycles. The maximum atomic E-state index is 12.9. The Labute approximate surface area is 136 Å². The van der Waals surface area contributed by atoms with Gasteiger partial charge in [0.05, 0.1) is 0 Å². The first kappa shape index (κ1) is 17.2. The summed E-state index contributed by atoms with van der Waals surface area (Å²) in [7, 11) is 0. The van der Waals surface area contributed by atoms with Crippen LogP contribution < -0.4 is 10.2 Å². The minimum Gasteiger partial charge on any atom is -0.368 e. The third-order valence-corrected chi connectivity index (χ3v) is 4.16. The molecule has 0 bridgehead atoms. The van der Waals surface area contributed by atoms with Crippen molar-refractivity contribution in [3.05, 3.63) is 30.1 Å². The van der Waals surface area contributed by atoms with Gasteiger partial charge in [-0.3, -0.25) is 9.59 Å². The number of carbonyl (C=O) groups is 2. The molecule has 1 fully saturated rings. The lowest BCUT2D eigenvalue weighted by Gasteiger charge is -2.36. The highest BCUT2D eigenvalue weighted by atomic mass is 19.1. The molecule has 1 unspecified atom stereocenters. The molecule has 0 spiro atoms. The lowest BCUT2D eigenvalue weighted by atomic mass is 10.2. The summed E-state index contributed by atoms with van der Waals surface area (Å²) in [6.45, 7) is 6.43. The Morgan fingerprint density at radius 2 is 1.78 bits per heavy atom. The standard InChI is InChI=1S/C17H24FN3O2/c1-3-13(2)19-16(22)12-17(23)21-10-8-20(9-11-21)15-6-4-14(18)5-7-15/h4-7,13H,3,8-12H2,1-2H3,(H,19,22). The Bertz CT molecular complexity index is 539. The number of rotatable bonds is 5. The van der Waals surface area contributed by atoms with Gasteiger partial charge in [0.2, 0.25) is 11.8 Å². The summed E-state index contributed by atoms with van der Waals surface area (Å²) >= 11 is 0. The first-order chi connectivity index (χ1) is 11.0. The molecule has 2 amide bonds. The van der Waals surface area contributed by atoms with Gasteiger partial charge < -0.3 is 15.1 Å². The molecule has 1 aromatic rings. The van der Waals surface area contributed by atoms with Gasteiger partial charge in [-0.15, -0.1) is 0 Å². The minimum atomic E-state index is -0.255. The zero-order valence-electron chi connectivity index (χ0n) is 13.7. The molecule has 6 heteroatoms. The number of hydrogen-bond donors (Lipinski definition) is 1. The third-order valence-electron chi connectivity index (χ3n) is 4.16. The predicted molar refractivity (Wildman–Crippen MR) is 87.7 cm³/mol. The first-order valence-electron chi connectivity index (χ1n) is 8.07. The van der Waals surface area contributed by atoms with Crippen LogP contribution in [-0.4, -0.2) is 48.9 Å². The lowest BCUT2D eigenvalue weighted by Crippen LogP contribution is -2.49. The average molecular weight is 321 g/mol. The molecule has 1 aliphatic heterocycles. The van der Waals surface area contributed by atoms with Crippen molar-refractivity contribution >= 4 is 17.5 Å². The van der Waals surface area contributed by atoms with Crippen molar-refractivity contribution < 1.29 is 14.0 Å². The summed E-state index contributed by atoms with van der Waals surface area (Å²) in [6, 6.07) is 6.45. The van der Waals surface area contributed by atoms with Crippen molar-refractivity contribution in [3.63, 3.8) is 0 Å². The number of hydrogen-bond acceptors (Lipinski definition) is 3. The van der Waals surface area contributed by atoms with Crippen LogP contribution in [0.15, 0.2) is 24.3 Å². The Balaban J connectivity index is 1.80. The smallest absolute Gasteiger partial charge is 0.232 e. The van der Waals surface area contributed by atoms with Crippen LogP contribution in [0.25, 0.3) is 0 Å². The van der Waals surface area contributed by atoms with E-state index in [0.29, 0.717) is 26.2 Å². The molecular formula is C17H24FN3O2. The minimum absolute atomic E-state index is 0.0885. The summed E-state index contributed by atoms with van der Waals surface area (Å²) in [5.41, 5.74) is 0.952. The van der Waals surface area contributed by atoms with Crippen LogP contribution in [0.3, 0.4) is 0 Å². The molecule has 0 aromatic heterocycles. The second-order valence-electron chi connectivity index (χ2n) is 5.90. The van der Waals surface area contributed by atoms with Crippen molar-refractivity contribution in [2.45, 2.75) is 32.7 Å². The van der Waals surface area contributed by atoms with Gasteiger partial charge in [0.15, 0.2) is 0 Å². The van der Waals surface area contributed by atoms with E-state index in [9.17, 15) is 14.0 Å². The molecular weight excluding hydrogens is 297 g/mol. The van der Waals surface area contributed by atoms with E-state index in [2.05, 4.69) is 10.2 Å². The maximum Gasteiger partial charge on any atom is 0.232 e. The van der Waals surface area contributed by atoms with E-state index in [1.54, 1.807) is 17.0 Å². The number of benzene rings is 1. The molecule has 0 radical (unpaired) electrons. The molecule has 2 rings (SSSR count). The highest BCUT2D eigenvalue weighted by molar-refractivity contribution is 5.97. The summed E-state index contributed by atoms with van der Waals surface area (Å²) in [5, 5.41) is 2.81. The number of amides is 2. The molecule has 1 saturated heterocycles. The fraction of sp³-hybridized carbons (Fsp3) is 0.529. The maximum absolute atomic E-state index is 12.9. The zero-order valence-corrected chi connectivity index (χ0v) is 13.7. The molecule has 1 atom stereocenters. The molecule has 1 aliphatic rings. The van der Waals surface area contributed by atoms with E-state index in [0.717, 1.165) is 12.1 Å². The van der Waals surface area contributed by atoms with Crippen LogP contribution in [0, 0.1) is 5.82 Å².